The molecule has 2 heterocycles. The first-order chi connectivity index (χ1) is 15.0. The van der Waals surface area contributed by atoms with Crippen LogP contribution in [0.1, 0.15) is 70.8 Å². The fourth-order valence-corrected chi connectivity index (χ4v) is 5.44. The zero-order valence-corrected chi connectivity index (χ0v) is 19.3. The van der Waals surface area contributed by atoms with E-state index in [9.17, 15) is 9.59 Å². The molecule has 170 valence electrons. The van der Waals surface area contributed by atoms with Gasteiger partial charge in [0.2, 0.25) is 11.8 Å². The first kappa shape index (κ1) is 22.3. The minimum atomic E-state index is -0.602. The third kappa shape index (κ3) is 5.14. The molecule has 4 rings (SSSR count). The van der Waals surface area contributed by atoms with Crippen molar-refractivity contribution in [2.45, 2.75) is 89.3 Å². The number of rotatable bonds is 9. The third-order valence-electron chi connectivity index (χ3n) is 7.31. The zero-order valence-electron chi connectivity index (χ0n) is 19.3. The maximum atomic E-state index is 13.3. The van der Waals surface area contributed by atoms with Gasteiger partial charge in [-0.05, 0) is 69.4 Å². The van der Waals surface area contributed by atoms with Crippen molar-refractivity contribution in [2.24, 2.45) is 5.92 Å². The quantitative estimate of drug-likeness (QED) is 0.613. The summed E-state index contributed by atoms with van der Waals surface area (Å²) in [5.74, 6) is 0.672. The Morgan fingerprint density at radius 2 is 1.74 bits per heavy atom. The molecule has 31 heavy (non-hydrogen) atoms. The van der Waals surface area contributed by atoms with Crippen molar-refractivity contribution in [1.29, 1.82) is 0 Å². The molecule has 0 unspecified atom stereocenters. The summed E-state index contributed by atoms with van der Waals surface area (Å²) in [6.07, 6.45) is 9.22. The molecule has 1 N–H and O–H groups in total. The second kappa shape index (κ2) is 9.72. The van der Waals surface area contributed by atoms with Gasteiger partial charge in [-0.3, -0.25) is 9.59 Å². The van der Waals surface area contributed by atoms with Crippen LogP contribution >= 0.6 is 0 Å². The van der Waals surface area contributed by atoms with E-state index in [1.807, 2.05) is 4.90 Å². The summed E-state index contributed by atoms with van der Waals surface area (Å²) in [5.41, 5.74) is 0.821. The predicted octanol–water partition coefficient (Wildman–Crippen LogP) is 3.77. The van der Waals surface area contributed by atoms with Crippen molar-refractivity contribution in [3.8, 4) is 0 Å². The number of piperidine rings is 1. The number of aryl methyl sites for hydroxylation is 1. The van der Waals surface area contributed by atoms with E-state index in [0.717, 1.165) is 58.2 Å². The normalized spacial score (nSPS) is 24.1. The average Bonchev–Trinajstić information content (AvgIpc) is 3.59. The highest BCUT2D eigenvalue weighted by atomic mass is 16.2. The Balaban J connectivity index is 1.27. The number of carbonyl (C=O) groups is 2. The molecular weight excluding hydrogens is 386 g/mol. The van der Waals surface area contributed by atoms with Gasteiger partial charge in [0.1, 0.15) is 11.6 Å². The Labute approximate surface area is 187 Å². The summed E-state index contributed by atoms with van der Waals surface area (Å²) in [4.78, 5) is 31.1. The summed E-state index contributed by atoms with van der Waals surface area (Å²) in [5, 5.41) is 3.11. The van der Waals surface area contributed by atoms with Gasteiger partial charge in [0.15, 0.2) is 0 Å². The molecule has 5 nitrogen and oxygen atoms in total. The van der Waals surface area contributed by atoms with E-state index in [-0.39, 0.29) is 23.9 Å². The Morgan fingerprint density at radius 1 is 1.03 bits per heavy atom. The lowest BCUT2D eigenvalue weighted by molar-refractivity contribution is -0.162. The number of hydrogen-bond donors (Lipinski definition) is 1. The number of piperazine rings is 1. The van der Waals surface area contributed by atoms with Gasteiger partial charge in [-0.25, -0.2) is 0 Å². The second-order valence-corrected chi connectivity index (χ2v) is 10.3. The smallest absolute Gasteiger partial charge is 0.246 e. The second-order valence-electron chi connectivity index (χ2n) is 10.3. The van der Waals surface area contributed by atoms with Crippen LogP contribution in [0.2, 0.25) is 0 Å². The lowest BCUT2D eigenvalue weighted by Crippen LogP contribution is -2.73. The van der Waals surface area contributed by atoms with Crippen LogP contribution in [0.4, 0.5) is 0 Å². The average molecular weight is 426 g/mol. The molecule has 0 bridgehead atoms. The minimum absolute atomic E-state index is 0.104. The van der Waals surface area contributed by atoms with Crippen molar-refractivity contribution < 1.29 is 9.59 Å². The van der Waals surface area contributed by atoms with Crippen LogP contribution in [0.5, 0.6) is 0 Å². The molecule has 1 aromatic carbocycles. The van der Waals surface area contributed by atoms with Crippen LogP contribution in [0, 0.1) is 5.92 Å². The molecule has 3 fully saturated rings. The highest BCUT2D eigenvalue weighted by Crippen LogP contribution is 2.41. The Hall–Kier alpha value is -1.88. The Kier molecular flexibility index (Phi) is 7.00. The molecule has 3 aliphatic rings. The zero-order chi connectivity index (χ0) is 21.8. The van der Waals surface area contributed by atoms with E-state index >= 15 is 0 Å². The number of nitrogens with one attached hydrogen (secondary N) is 1. The topological polar surface area (TPSA) is 52.7 Å². The number of amides is 2. The minimum Gasteiger partial charge on any atom is -0.342 e. The molecule has 1 aromatic rings. The van der Waals surface area contributed by atoms with Gasteiger partial charge in [-0.1, -0.05) is 50.6 Å². The van der Waals surface area contributed by atoms with Crippen LogP contribution in [-0.4, -0.2) is 58.9 Å². The van der Waals surface area contributed by atoms with Crippen LogP contribution in [0.15, 0.2) is 30.3 Å². The van der Waals surface area contributed by atoms with E-state index in [4.69, 9.17) is 0 Å². The maximum absolute atomic E-state index is 13.3. The maximum Gasteiger partial charge on any atom is 0.246 e. The van der Waals surface area contributed by atoms with E-state index in [2.05, 4.69) is 54.4 Å². The molecule has 1 spiro atoms. The van der Waals surface area contributed by atoms with Gasteiger partial charge < -0.3 is 15.1 Å². The van der Waals surface area contributed by atoms with E-state index in [1.165, 1.54) is 24.8 Å². The molecule has 1 aliphatic carbocycles. The number of carbonyl (C=O) groups excluding carboxylic acids is 2. The standard InChI is InChI=1S/C26H39N3O2/c1-20(2)19-23-24(30)29(22-12-13-22)26(25(31)27-23)14-17-28(18-15-26)16-8-4-7-11-21-9-5-3-6-10-21/h3,5-6,9-10,20,22-23H,4,7-8,11-19H2,1-2H3,(H,27,31)/t23-/m0/s1. The van der Waals surface area contributed by atoms with Crippen molar-refractivity contribution in [1.82, 2.24) is 15.1 Å². The van der Waals surface area contributed by atoms with Gasteiger partial charge in [-0.2, -0.15) is 0 Å². The summed E-state index contributed by atoms with van der Waals surface area (Å²) in [7, 11) is 0. The Bertz CT molecular complexity index is 751. The molecule has 2 aliphatic heterocycles. The van der Waals surface area contributed by atoms with Gasteiger partial charge in [0.05, 0.1) is 0 Å². The van der Waals surface area contributed by atoms with E-state index in [1.54, 1.807) is 0 Å². The first-order valence-corrected chi connectivity index (χ1v) is 12.4. The number of unbranched alkanes of at least 4 members (excludes halogenated alkanes) is 2. The molecular formula is C26H39N3O2. The predicted molar refractivity (Wildman–Crippen MR) is 124 cm³/mol. The van der Waals surface area contributed by atoms with Gasteiger partial charge in [0, 0.05) is 19.1 Å². The van der Waals surface area contributed by atoms with E-state index in [0.29, 0.717) is 5.92 Å². The van der Waals surface area contributed by atoms with E-state index < -0.39 is 5.54 Å². The highest BCUT2D eigenvalue weighted by Gasteiger charge is 2.57. The number of nitrogens with zero attached hydrogens (tertiary/aromatic N) is 2. The van der Waals surface area contributed by atoms with Gasteiger partial charge >= 0.3 is 0 Å². The van der Waals surface area contributed by atoms with Crippen molar-refractivity contribution in [2.75, 3.05) is 19.6 Å². The van der Waals surface area contributed by atoms with Crippen LogP contribution in [0.25, 0.3) is 0 Å². The van der Waals surface area contributed by atoms with Crippen molar-refractivity contribution in [3.63, 3.8) is 0 Å². The molecule has 1 saturated carbocycles. The SMILES string of the molecule is CC(C)C[C@@H]1NC(=O)C2(CCN(CCCCCc3ccccc3)CC2)N(C2CC2)C1=O. The van der Waals surface area contributed by atoms with Crippen molar-refractivity contribution in [3.05, 3.63) is 35.9 Å². The third-order valence-corrected chi connectivity index (χ3v) is 7.31. The van der Waals surface area contributed by atoms with Crippen LogP contribution in [-0.2, 0) is 16.0 Å². The lowest BCUT2D eigenvalue weighted by Gasteiger charge is -2.52. The number of likely N-dealkylation sites (tertiary alicyclic amines) is 1. The summed E-state index contributed by atoms with van der Waals surface area (Å²) in [6.45, 7) is 7.15. The molecule has 0 radical (unpaired) electrons. The molecule has 0 aromatic heterocycles. The number of benzene rings is 1. The van der Waals surface area contributed by atoms with Gasteiger partial charge in [-0.15, -0.1) is 0 Å². The fourth-order valence-electron chi connectivity index (χ4n) is 5.44. The fraction of sp³-hybridized carbons (Fsp3) is 0.692. The monoisotopic (exact) mass is 425 g/mol. The lowest BCUT2D eigenvalue weighted by atomic mass is 9.80. The Morgan fingerprint density at radius 3 is 2.39 bits per heavy atom. The molecule has 5 heteroatoms. The summed E-state index contributed by atoms with van der Waals surface area (Å²) >= 11 is 0. The highest BCUT2D eigenvalue weighted by molar-refractivity contribution is 6.00. The van der Waals surface area contributed by atoms with Crippen LogP contribution < -0.4 is 5.32 Å². The summed E-state index contributed by atoms with van der Waals surface area (Å²) in [6, 6.07) is 10.7. The summed E-state index contributed by atoms with van der Waals surface area (Å²) < 4.78 is 0. The largest absolute Gasteiger partial charge is 0.342 e. The molecule has 2 saturated heterocycles. The van der Waals surface area contributed by atoms with Crippen molar-refractivity contribution >= 4 is 11.8 Å². The number of hydrogen-bond acceptors (Lipinski definition) is 3. The first-order valence-electron chi connectivity index (χ1n) is 12.4. The van der Waals surface area contributed by atoms with Crippen LogP contribution in [0.3, 0.4) is 0 Å². The van der Waals surface area contributed by atoms with Gasteiger partial charge in [0.25, 0.3) is 0 Å². The molecule has 2 amide bonds. The molecule has 1 atom stereocenters.